The number of benzene rings is 2. The number of rotatable bonds is 11. The van der Waals surface area contributed by atoms with Gasteiger partial charge >= 0.3 is 0 Å². The van der Waals surface area contributed by atoms with E-state index in [0.29, 0.717) is 37.5 Å². The Hall–Kier alpha value is -3.75. The van der Waals surface area contributed by atoms with E-state index in [9.17, 15) is 14.4 Å². The van der Waals surface area contributed by atoms with Gasteiger partial charge in [-0.3, -0.25) is 24.6 Å². The molecular weight excluding hydrogens is 494 g/mol. The molecule has 1 fully saturated rings. The standard InChI is InChI=1S/C31H35N3O5/c1-2-33(17-18-38-24-7-4-3-5-8-24)19-22-11-13-23(14-12-22)21-39-28-10-6-9-25-26(28)20-34(31(25)37)27-15-16-29(35)32-30(27)36/h3-7,9-14,24,27H,2,8,15-21H2,1H3,(H,32,35,36). The summed E-state index contributed by atoms with van der Waals surface area (Å²) in [6, 6.07) is 13.2. The molecule has 1 saturated heterocycles. The van der Waals surface area contributed by atoms with Crippen molar-refractivity contribution in [1.82, 2.24) is 15.1 Å². The minimum absolute atomic E-state index is 0.178. The third-order valence-corrected chi connectivity index (χ3v) is 7.49. The second-order valence-corrected chi connectivity index (χ2v) is 10.1. The average molecular weight is 530 g/mol. The van der Waals surface area contributed by atoms with Crippen LogP contribution >= 0.6 is 0 Å². The first-order valence-corrected chi connectivity index (χ1v) is 13.7. The Kier molecular flexibility index (Phi) is 8.54. The van der Waals surface area contributed by atoms with Crippen LogP contribution in [0.25, 0.3) is 0 Å². The molecule has 2 aromatic rings. The normalized spacial score (nSPS) is 20.5. The molecule has 1 N–H and O–H groups in total. The Bertz CT molecular complexity index is 1270. The highest BCUT2D eigenvalue weighted by molar-refractivity contribution is 6.05. The summed E-state index contributed by atoms with van der Waals surface area (Å²) in [7, 11) is 0. The number of ether oxygens (including phenoxy) is 2. The molecule has 2 unspecified atom stereocenters. The molecule has 204 valence electrons. The Morgan fingerprint density at radius 1 is 1.05 bits per heavy atom. The van der Waals surface area contributed by atoms with E-state index in [1.54, 1.807) is 17.0 Å². The number of carbonyl (C=O) groups excluding carboxylic acids is 3. The Balaban J connectivity index is 1.14. The van der Waals surface area contributed by atoms with Gasteiger partial charge in [0.25, 0.3) is 5.91 Å². The van der Waals surface area contributed by atoms with E-state index in [0.717, 1.165) is 37.2 Å². The number of allylic oxidation sites excluding steroid dienone is 2. The fourth-order valence-corrected chi connectivity index (χ4v) is 5.22. The van der Waals surface area contributed by atoms with Crippen LogP contribution in [0.4, 0.5) is 0 Å². The van der Waals surface area contributed by atoms with Gasteiger partial charge in [-0.25, -0.2) is 0 Å². The van der Waals surface area contributed by atoms with Crippen LogP contribution in [0.5, 0.6) is 5.75 Å². The lowest BCUT2D eigenvalue weighted by molar-refractivity contribution is -0.136. The van der Waals surface area contributed by atoms with Crippen molar-refractivity contribution >= 4 is 17.7 Å². The second kappa shape index (κ2) is 12.4. The molecule has 3 aliphatic rings. The minimum atomic E-state index is -0.640. The summed E-state index contributed by atoms with van der Waals surface area (Å²) in [4.78, 5) is 40.8. The van der Waals surface area contributed by atoms with Crippen molar-refractivity contribution < 1.29 is 23.9 Å². The van der Waals surface area contributed by atoms with E-state index < -0.39 is 11.9 Å². The van der Waals surface area contributed by atoms with Crippen molar-refractivity contribution in [3.8, 4) is 5.75 Å². The van der Waals surface area contributed by atoms with Crippen molar-refractivity contribution in [3.05, 3.63) is 89.0 Å². The zero-order valence-corrected chi connectivity index (χ0v) is 22.3. The molecule has 2 atom stereocenters. The van der Waals surface area contributed by atoms with Crippen LogP contribution in [0.3, 0.4) is 0 Å². The van der Waals surface area contributed by atoms with E-state index in [4.69, 9.17) is 9.47 Å². The van der Waals surface area contributed by atoms with Gasteiger partial charge in [-0.15, -0.1) is 0 Å². The lowest BCUT2D eigenvalue weighted by Gasteiger charge is -2.29. The topological polar surface area (TPSA) is 88.2 Å². The summed E-state index contributed by atoms with van der Waals surface area (Å²) in [6.07, 6.45) is 10.0. The summed E-state index contributed by atoms with van der Waals surface area (Å²) in [5.41, 5.74) is 3.59. The number of nitrogens with zero attached hydrogens (tertiary/aromatic N) is 2. The largest absolute Gasteiger partial charge is 0.489 e. The van der Waals surface area contributed by atoms with E-state index in [1.807, 2.05) is 12.1 Å². The second-order valence-electron chi connectivity index (χ2n) is 10.1. The van der Waals surface area contributed by atoms with E-state index >= 15 is 0 Å². The number of piperidine rings is 1. The molecule has 0 aromatic heterocycles. The molecule has 39 heavy (non-hydrogen) atoms. The Labute approximate surface area is 229 Å². The van der Waals surface area contributed by atoms with Crippen molar-refractivity contribution in [2.75, 3.05) is 19.7 Å². The highest BCUT2D eigenvalue weighted by Crippen LogP contribution is 2.34. The maximum atomic E-state index is 13.0. The van der Waals surface area contributed by atoms with Gasteiger partial charge in [0, 0.05) is 30.6 Å². The van der Waals surface area contributed by atoms with Gasteiger partial charge in [0.2, 0.25) is 11.8 Å². The lowest BCUT2D eigenvalue weighted by atomic mass is 10.0. The summed E-state index contributed by atoms with van der Waals surface area (Å²) < 4.78 is 12.1. The Morgan fingerprint density at radius 3 is 2.62 bits per heavy atom. The van der Waals surface area contributed by atoms with Crippen molar-refractivity contribution in [1.29, 1.82) is 0 Å². The highest BCUT2D eigenvalue weighted by atomic mass is 16.5. The van der Waals surface area contributed by atoms with Crippen LogP contribution in [0.2, 0.25) is 0 Å². The van der Waals surface area contributed by atoms with Gasteiger partial charge in [0.1, 0.15) is 18.4 Å². The average Bonchev–Trinajstić information content (AvgIpc) is 3.29. The first kappa shape index (κ1) is 26.8. The number of hydrogen-bond acceptors (Lipinski definition) is 6. The van der Waals surface area contributed by atoms with Gasteiger partial charge in [-0.2, -0.15) is 0 Å². The first-order valence-electron chi connectivity index (χ1n) is 13.7. The van der Waals surface area contributed by atoms with E-state index in [2.05, 4.69) is 59.6 Å². The molecule has 8 heteroatoms. The van der Waals surface area contributed by atoms with Crippen LogP contribution < -0.4 is 10.1 Å². The third-order valence-electron chi connectivity index (χ3n) is 7.49. The minimum Gasteiger partial charge on any atom is -0.489 e. The molecule has 2 aliphatic heterocycles. The molecule has 3 amide bonds. The SMILES string of the molecule is CCN(CCOC1C=CC=CC1)Cc1ccc(COc2cccc3c2CN(C2CCC(=O)NC2=O)C3=O)cc1. The van der Waals surface area contributed by atoms with Crippen LogP contribution in [0, 0.1) is 0 Å². The number of fused-ring (bicyclic) bond motifs is 1. The van der Waals surface area contributed by atoms with Gasteiger partial charge in [0.05, 0.1) is 19.3 Å². The quantitative estimate of drug-likeness (QED) is 0.446. The maximum Gasteiger partial charge on any atom is 0.255 e. The van der Waals surface area contributed by atoms with Crippen LogP contribution in [-0.4, -0.2) is 59.4 Å². The van der Waals surface area contributed by atoms with E-state index in [1.165, 1.54) is 5.56 Å². The van der Waals surface area contributed by atoms with Gasteiger partial charge in [-0.1, -0.05) is 61.6 Å². The van der Waals surface area contributed by atoms with Crippen LogP contribution in [-0.2, 0) is 34.0 Å². The zero-order valence-electron chi connectivity index (χ0n) is 22.3. The smallest absolute Gasteiger partial charge is 0.255 e. The molecule has 5 rings (SSSR count). The Morgan fingerprint density at radius 2 is 1.87 bits per heavy atom. The highest BCUT2D eigenvalue weighted by Gasteiger charge is 2.40. The number of amides is 3. The number of nitrogens with one attached hydrogen (secondary N) is 1. The van der Waals surface area contributed by atoms with Gasteiger partial charge in [0.15, 0.2) is 0 Å². The van der Waals surface area contributed by atoms with Crippen molar-refractivity contribution in [2.24, 2.45) is 0 Å². The maximum absolute atomic E-state index is 13.0. The molecular formula is C31H35N3O5. The molecule has 8 nitrogen and oxygen atoms in total. The fraction of sp³-hybridized carbons (Fsp3) is 0.387. The van der Waals surface area contributed by atoms with Crippen LogP contribution in [0.15, 0.2) is 66.8 Å². The third kappa shape index (κ3) is 6.46. The van der Waals surface area contributed by atoms with Gasteiger partial charge < -0.3 is 14.4 Å². The van der Waals surface area contributed by atoms with Crippen molar-refractivity contribution in [3.63, 3.8) is 0 Å². The molecule has 1 aliphatic carbocycles. The summed E-state index contributed by atoms with van der Waals surface area (Å²) in [5.74, 6) is -0.271. The fourth-order valence-electron chi connectivity index (χ4n) is 5.22. The number of likely N-dealkylation sites (N-methyl/N-ethyl adjacent to an activating group) is 1. The molecule has 2 heterocycles. The first-order chi connectivity index (χ1) is 19.0. The summed E-state index contributed by atoms with van der Waals surface area (Å²) in [5, 5.41) is 2.34. The lowest BCUT2D eigenvalue weighted by Crippen LogP contribution is -2.52. The van der Waals surface area contributed by atoms with Crippen molar-refractivity contribution in [2.45, 2.75) is 58.0 Å². The molecule has 0 saturated carbocycles. The van der Waals surface area contributed by atoms with Crippen LogP contribution in [0.1, 0.15) is 53.2 Å². The number of imide groups is 1. The molecule has 2 aromatic carbocycles. The molecule has 0 bridgehead atoms. The number of carbonyl (C=O) groups is 3. The van der Waals surface area contributed by atoms with E-state index in [-0.39, 0.29) is 24.3 Å². The number of hydrogen-bond donors (Lipinski definition) is 1. The summed E-state index contributed by atoms with van der Waals surface area (Å²) >= 11 is 0. The van der Waals surface area contributed by atoms with Gasteiger partial charge in [-0.05, 0) is 42.6 Å². The summed E-state index contributed by atoms with van der Waals surface area (Å²) in [6.45, 7) is 6.21. The molecule has 0 radical (unpaired) electrons. The predicted octanol–water partition coefficient (Wildman–Crippen LogP) is 3.75. The monoisotopic (exact) mass is 529 g/mol. The predicted molar refractivity (Wildman–Crippen MR) is 147 cm³/mol. The molecule has 0 spiro atoms. The zero-order chi connectivity index (χ0) is 27.2.